The molecule has 2 rings (SSSR count). The molecule has 0 aliphatic rings. The predicted molar refractivity (Wildman–Crippen MR) is 98.0 cm³/mol. The molecule has 0 aromatic heterocycles. The van der Waals surface area contributed by atoms with Gasteiger partial charge in [-0.3, -0.25) is 0 Å². The van der Waals surface area contributed by atoms with Crippen LogP contribution in [-0.2, 0) is 5.41 Å². The molecule has 0 radical (unpaired) electrons. The van der Waals surface area contributed by atoms with Crippen LogP contribution < -0.4 is 0 Å². The average Bonchev–Trinajstić information content (AvgIpc) is 2.57. The van der Waals surface area contributed by atoms with Gasteiger partial charge in [-0.1, -0.05) is 99.8 Å². The molecule has 0 N–H and O–H groups in total. The normalized spacial score (nSPS) is 14.6. The van der Waals surface area contributed by atoms with E-state index in [2.05, 4.69) is 87.5 Å². The molecule has 2 aromatic rings. The number of unbranched alkanes of at least 4 members (excludes halogenated alkanes) is 2. The van der Waals surface area contributed by atoms with Crippen LogP contribution >= 0.6 is 0 Å². The predicted octanol–water partition coefficient (Wildman–Crippen LogP) is 6.63. The van der Waals surface area contributed by atoms with E-state index in [0.717, 1.165) is 0 Å². The van der Waals surface area contributed by atoms with Crippen LogP contribution in [0.15, 0.2) is 66.7 Å². The molecule has 0 aliphatic carbocycles. The van der Waals surface area contributed by atoms with E-state index in [4.69, 9.17) is 0 Å². The Bertz CT molecular complexity index is 580. The summed E-state index contributed by atoms with van der Waals surface area (Å²) in [5.74, 6) is 0. The van der Waals surface area contributed by atoms with Gasteiger partial charge in [0, 0.05) is 5.41 Å². The fourth-order valence-corrected chi connectivity index (χ4v) is 3.12. The fourth-order valence-electron chi connectivity index (χ4n) is 3.12. The Labute approximate surface area is 135 Å². The molecule has 0 fully saturated rings. The van der Waals surface area contributed by atoms with Gasteiger partial charge in [-0.2, -0.15) is 0 Å². The number of benzene rings is 2. The lowest BCUT2D eigenvalue weighted by atomic mass is 9.76. The summed E-state index contributed by atoms with van der Waals surface area (Å²) in [6, 6.07) is 21.6. The minimum Gasteiger partial charge on any atom is -0.0707 e. The Hall–Kier alpha value is -1.82. The van der Waals surface area contributed by atoms with Gasteiger partial charge in [0.05, 0.1) is 0 Å². The van der Waals surface area contributed by atoms with E-state index in [-0.39, 0.29) is 5.41 Å². The van der Waals surface area contributed by atoms with Gasteiger partial charge in [-0.05, 0) is 30.0 Å². The highest BCUT2D eigenvalue weighted by atomic mass is 14.3. The maximum Gasteiger partial charge on any atom is 0.0109 e. The third-order valence-electron chi connectivity index (χ3n) is 4.50. The van der Waals surface area contributed by atoms with Gasteiger partial charge in [0.2, 0.25) is 0 Å². The maximum atomic E-state index is 2.47. The lowest BCUT2D eigenvalue weighted by Gasteiger charge is -2.28. The van der Waals surface area contributed by atoms with Crippen molar-refractivity contribution < 1.29 is 0 Å². The molecule has 0 saturated heterocycles. The zero-order valence-electron chi connectivity index (χ0n) is 14.2. The van der Waals surface area contributed by atoms with E-state index in [0.29, 0.717) is 0 Å². The molecule has 0 amide bonds. The van der Waals surface area contributed by atoms with Crippen LogP contribution in [0.25, 0.3) is 5.57 Å². The van der Waals surface area contributed by atoms with Gasteiger partial charge >= 0.3 is 0 Å². The van der Waals surface area contributed by atoms with Gasteiger partial charge in [0.1, 0.15) is 0 Å². The molecule has 0 spiro atoms. The van der Waals surface area contributed by atoms with Crippen LogP contribution in [0.1, 0.15) is 57.6 Å². The van der Waals surface area contributed by atoms with Crippen LogP contribution in [0.4, 0.5) is 0 Å². The van der Waals surface area contributed by atoms with E-state index >= 15 is 0 Å². The van der Waals surface area contributed by atoms with E-state index in [9.17, 15) is 0 Å². The van der Waals surface area contributed by atoms with Crippen molar-refractivity contribution in [1.82, 2.24) is 0 Å². The standard InChI is InChI=1S/C22H28/c1-4-5-12-17-22(3,21-15-10-7-11-16-21)18-19(2)20-13-8-6-9-14-20/h6-11,13-16,18H,4-5,12,17H2,1-3H3. The summed E-state index contributed by atoms with van der Waals surface area (Å²) in [6.07, 6.45) is 7.52. The topological polar surface area (TPSA) is 0 Å². The van der Waals surface area contributed by atoms with E-state index < -0.39 is 0 Å². The molecule has 116 valence electrons. The minimum absolute atomic E-state index is 0.107. The van der Waals surface area contributed by atoms with Crippen LogP contribution in [0.2, 0.25) is 0 Å². The first-order chi connectivity index (χ1) is 10.7. The highest BCUT2D eigenvalue weighted by molar-refractivity contribution is 5.65. The highest BCUT2D eigenvalue weighted by Crippen LogP contribution is 2.34. The molecule has 0 nitrogen and oxygen atoms in total. The summed E-state index contributed by atoms with van der Waals surface area (Å²) in [6.45, 7) is 6.88. The lowest BCUT2D eigenvalue weighted by Crippen LogP contribution is -2.19. The fraction of sp³-hybridized carbons (Fsp3) is 0.364. The average molecular weight is 292 g/mol. The molecule has 0 heterocycles. The van der Waals surface area contributed by atoms with Gasteiger partial charge in [0.25, 0.3) is 0 Å². The van der Waals surface area contributed by atoms with Crippen LogP contribution in [0, 0.1) is 0 Å². The molecule has 1 atom stereocenters. The largest absolute Gasteiger partial charge is 0.0707 e. The Morgan fingerprint density at radius 3 is 2.09 bits per heavy atom. The maximum absolute atomic E-state index is 2.47. The van der Waals surface area contributed by atoms with Gasteiger partial charge in [-0.15, -0.1) is 0 Å². The molecule has 0 heteroatoms. The van der Waals surface area contributed by atoms with E-state index in [1.165, 1.54) is 42.4 Å². The van der Waals surface area contributed by atoms with Crippen molar-refractivity contribution in [2.24, 2.45) is 0 Å². The Morgan fingerprint density at radius 2 is 1.50 bits per heavy atom. The number of hydrogen-bond donors (Lipinski definition) is 0. The SMILES string of the molecule is CCCCCC(C)(C=C(C)c1ccccc1)c1ccccc1. The lowest BCUT2D eigenvalue weighted by molar-refractivity contribution is 0.499. The van der Waals surface area contributed by atoms with Gasteiger partial charge < -0.3 is 0 Å². The molecule has 2 aromatic carbocycles. The summed E-state index contributed by atoms with van der Waals surface area (Å²) in [7, 11) is 0. The van der Waals surface area contributed by atoms with Crippen LogP contribution in [-0.4, -0.2) is 0 Å². The smallest absolute Gasteiger partial charge is 0.0109 e. The summed E-state index contributed by atoms with van der Waals surface area (Å²) >= 11 is 0. The van der Waals surface area contributed by atoms with Crippen LogP contribution in [0.3, 0.4) is 0 Å². The first-order valence-corrected chi connectivity index (χ1v) is 8.46. The van der Waals surface area contributed by atoms with Gasteiger partial charge in [-0.25, -0.2) is 0 Å². The Morgan fingerprint density at radius 1 is 0.909 bits per heavy atom. The molecule has 0 saturated carbocycles. The van der Waals surface area contributed by atoms with Crippen molar-refractivity contribution in [2.45, 2.75) is 51.9 Å². The highest BCUT2D eigenvalue weighted by Gasteiger charge is 2.23. The molecule has 22 heavy (non-hydrogen) atoms. The third kappa shape index (κ3) is 4.34. The van der Waals surface area contributed by atoms with Crippen molar-refractivity contribution in [2.75, 3.05) is 0 Å². The molecule has 0 bridgehead atoms. The molecule has 0 aliphatic heterocycles. The van der Waals surface area contributed by atoms with Crippen molar-refractivity contribution >= 4 is 5.57 Å². The zero-order chi connectivity index (χ0) is 15.8. The minimum atomic E-state index is 0.107. The van der Waals surface area contributed by atoms with Crippen LogP contribution in [0.5, 0.6) is 0 Å². The molecular formula is C22H28. The van der Waals surface area contributed by atoms with Gasteiger partial charge in [0.15, 0.2) is 0 Å². The monoisotopic (exact) mass is 292 g/mol. The third-order valence-corrected chi connectivity index (χ3v) is 4.50. The number of hydrogen-bond acceptors (Lipinski definition) is 0. The molecule has 1 unspecified atom stereocenters. The Balaban J connectivity index is 2.32. The second-order valence-corrected chi connectivity index (χ2v) is 6.43. The summed E-state index contributed by atoms with van der Waals surface area (Å²) < 4.78 is 0. The molecular weight excluding hydrogens is 264 g/mol. The first kappa shape index (κ1) is 16.5. The van der Waals surface area contributed by atoms with E-state index in [1.54, 1.807) is 0 Å². The Kier molecular flexibility index (Phi) is 6.00. The van der Waals surface area contributed by atoms with E-state index in [1.807, 2.05) is 0 Å². The second-order valence-electron chi connectivity index (χ2n) is 6.43. The second kappa shape index (κ2) is 7.98. The number of allylic oxidation sites excluding steroid dienone is 2. The first-order valence-electron chi connectivity index (χ1n) is 8.46. The summed E-state index contributed by atoms with van der Waals surface area (Å²) in [5, 5.41) is 0. The quantitative estimate of drug-likeness (QED) is 0.502. The summed E-state index contributed by atoms with van der Waals surface area (Å²) in [4.78, 5) is 0. The summed E-state index contributed by atoms with van der Waals surface area (Å²) in [5.41, 5.74) is 4.21. The van der Waals surface area contributed by atoms with Crippen molar-refractivity contribution in [3.8, 4) is 0 Å². The van der Waals surface area contributed by atoms with Crippen molar-refractivity contribution in [3.63, 3.8) is 0 Å². The van der Waals surface area contributed by atoms with Crippen molar-refractivity contribution in [1.29, 1.82) is 0 Å². The zero-order valence-corrected chi connectivity index (χ0v) is 14.2. The van der Waals surface area contributed by atoms with Crippen molar-refractivity contribution in [3.05, 3.63) is 77.9 Å². The number of rotatable bonds is 7.